The van der Waals surface area contributed by atoms with Crippen molar-refractivity contribution in [2.45, 2.75) is 91.1 Å². The van der Waals surface area contributed by atoms with Crippen molar-refractivity contribution in [1.29, 1.82) is 0 Å². The molecule has 1 N–H and O–H groups in total. The van der Waals surface area contributed by atoms with E-state index in [2.05, 4.69) is 40.3 Å². The standard InChI is InChI=1S/C24H38O/c1-6-24(25)14-13-22(4)17(15-24)7-8-18-20-10-9-19(16(2)3)23(20,5)12-11-21(18)22/h7,18-21,25H,2,6,8-15H2,1,3-5H3/t18?,19-,20+,21+,22+,23-,24+/m1/s1. The average molecular weight is 343 g/mol. The van der Waals surface area contributed by atoms with Crippen LogP contribution in [-0.4, -0.2) is 10.7 Å². The lowest BCUT2D eigenvalue weighted by Gasteiger charge is -2.59. The number of rotatable bonds is 2. The smallest absolute Gasteiger partial charge is 0.0682 e. The minimum Gasteiger partial charge on any atom is -0.390 e. The van der Waals surface area contributed by atoms with Gasteiger partial charge in [0.25, 0.3) is 0 Å². The van der Waals surface area contributed by atoms with Gasteiger partial charge in [-0.05, 0) is 99.2 Å². The maximum atomic E-state index is 10.9. The van der Waals surface area contributed by atoms with Crippen LogP contribution in [0.1, 0.15) is 85.5 Å². The molecule has 1 unspecified atom stereocenters. The molecule has 0 bridgehead atoms. The zero-order chi connectivity index (χ0) is 18.0. The van der Waals surface area contributed by atoms with E-state index in [1.807, 2.05) is 0 Å². The number of aliphatic hydroxyl groups is 1. The molecule has 3 saturated carbocycles. The predicted molar refractivity (Wildman–Crippen MR) is 105 cm³/mol. The highest BCUT2D eigenvalue weighted by atomic mass is 16.3. The zero-order valence-electron chi connectivity index (χ0n) is 16.9. The van der Waals surface area contributed by atoms with Crippen molar-refractivity contribution >= 4 is 0 Å². The first-order valence-electron chi connectivity index (χ1n) is 10.8. The maximum absolute atomic E-state index is 10.9. The van der Waals surface area contributed by atoms with Gasteiger partial charge in [0.1, 0.15) is 0 Å². The third kappa shape index (κ3) is 2.44. The number of hydrogen-bond donors (Lipinski definition) is 1. The molecule has 140 valence electrons. The lowest BCUT2D eigenvalue weighted by Crippen LogP contribution is -2.52. The minimum absolute atomic E-state index is 0.354. The minimum atomic E-state index is -0.431. The van der Waals surface area contributed by atoms with Crippen LogP contribution in [0, 0.1) is 34.5 Å². The molecule has 0 aromatic heterocycles. The molecule has 0 heterocycles. The van der Waals surface area contributed by atoms with Gasteiger partial charge in [-0.1, -0.05) is 44.6 Å². The maximum Gasteiger partial charge on any atom is 0.0682 e. The number of hydrogen-bond acceptors (Lipinski definition) is 1. The summed E-state index contributed by atoms with van der Waals surface area (Å²) in [6.45, 7) is 13.9. The van der Waals surface area contributed by atoms with Gasteiger partial charge >= 0.3 is 0 Å². The van der Waals surface area contributed by atoms with Crippen LogP contribution in [-0.2, 0) is 0 Å². The lowest BCUT2D eigenvalue weighted by atomic mass is 9.46. The molecule has 4 aliphatic carbocycles. The quantitative estimate of drug-likeness (QED) is 0.585. The highest BCUT2D eigenvalue weighted by Gasteiger charge is 2.59. The summed E-state index contributed by atoms with van der Waals surface area (Å²) < 4.78 is 0. The molecule has 0 radical (unpaired) electrons. The van der Waals surface area contributed by atoms with E-state index in [1.54, 1.807) is 5.57 Å². The van der Waals surface area contributed by atoms with Crippen LogP contribution < -0.4 is 0 Å². The third-order valence-corrected chi connectivity index (χ3v) is 9.51. The van der Waals surface area contributed by atoms with Crippen LogP contribution in [0.25, 0.3) is 0 Å². The first-order chi connectivity index (χ1) is 11.7. The molecule has 0 aromatic rings. The fourth-order valence-electron chi connectivity index (χ4n) is 7.82. The van der Waals surface area contributed by atoms with Gasteiger partial charge in [0, 0.05) is 0 Å². The Morgan fingerprint density at radius 3 is 2.60 bits per heavy atom. The molecule has 25 heavy (non-hydrogen) atoms. The average Bonchev–Trinajstić information content (AvgIpc) is 2.93. The van der Waals surface area contributed by atoms with Crippen LogP contribution in [0.4, 0.5) is 0 Å². The Hall–Kier alpha value is -0.560. The van der Waals surface area contributed by atoms with Gasteiger partial charge < -0.3 is 5.11 Å². The van der Waals surface area contributed by atoms with Crippen molar-refractivity contribution in [3.8, 4) is 0 Å². The Bertz CT molecular complexity index is 603. The van der Waals surface area contributed by atoms with E-state index >= 15 is 0 Å². The predicted octanol–water partition coefficient (Wildman–Crippen LogP) is 6.28. The molecular formula is C24H38O. The van der Waals surface area contributed by atoms with E-state index in [4.69, 9.17) is 0 Å². The first-order valence-corrected chi connectivity index (χ1v) is 10.8. The van der Waals surface area contributed by atoms with Crippen LogP contribution in [0.2, 0.25) is 0 Å². The molecule has 0 aliphatic heterocycles. The van der Waals surface area contributed by atoms with Crippen LogP contribution in [0.3, 0.4) is 0 Å². The molecule has 4 aliphatic rings. The Labute approximate surface area is 155 Å². The van der Waals surface area contributed by atoms with Gasteiger partial charge in [-0.2, -0.15) is 0 Å². The fraction of sp³-hybridized carbons (Fsp3) is 0.833. The number of fused-ring (bicyclic) bond motifs is 5. The summed E-state index contributed by atoms with van der Waals surface area (Å²) in [5.41, 5.74) is 3.44. The molecule has 3 fully saturated rings. The summed E-state index contributed by atoms with van der Waals surface area (Å²) in [5.74, 6) is 3.34. The van der Waals surface area contributed by atoms with Gasteiger partial charge in [-0.3, -0.25) is 0 Å². The Kier molecular flexibility index (Phi) is 4.08. The van der Waals surface area contributed by atoms with Crippen LogP contribution >= 0.6 is 0 Å². The molecular weight excluding hydrogens is 304 g/mol. The van der Waals surface area contributed by atoms with Gasteiger partial charge in [-0.25, -0.2) is 0 Å². The lowest BCUT2D eigenvalue weighted by molar-refractivity contribution is -0.0685. The molecule has 1 nitrogen and oxygen atoms in total. The van der Waals surface area contributed by atoms with E-state index in [0.29, 0.717) is 10.8 Å². The largest absolute Gasteiger partial charge is 0.390 e. The van der Waals surface area contributed by atoms with E-state index in [9.17, 15) is 5.11 Å². The third-order valence-electron chi connectivity index (χ3n) is 9.51. The molecule has 0 amide bonds. The second-order valence-electron chi connectivity index (χ2n) is 10.5. The second kappa shape index (κ2) is 5.72. The van der Waals surface area contributed by atoms with Gasteiger partial charge in [0.2, 0.25) is 0 Å². The topological polar surface area (TPSA) is 20.2 Å². The Morgan fingerprint density at radius 1 is 1.16 bits per heavy atom. The molecule has 0 aromatic carbocycles. The van der Waals surface area contributed by atoms with Crippen LogP contribution in [0.5, 0.6) is 0 Å². The van der Waals surface area contributed by atoms with E-state index in [1.165, 1.54) is 44.1 Å². The second-order valence-corrected chi connectivity index (χ2v) is 10.5. The van der Waals surface area contributed by atoms with Crippen molar-refractivity contribution in [3.05, 3.63) is 23.8 Å². The zero-order valence-corrected chi connectivity index (χ0v) is 16.9. The van der Waals surface area contributed by atoms with Crippen molar-refractivity contribution in [3.63, 3.8) is 0 Å². The summed E-state index contributed by atoms with van der Waals surface area (Å²) >= 11 is 0. The van der Waals surface area contributed by atoms with Crippen molar-refractivity contribution in [1.82, 2.24) is 0 Å². The monoisotopic (exact) mass is 342 g/mol. The fourth-order valence-corrected chi connectivity index (χ4v) is 7.82. The van der Waals surface area contributed by atoms with Crippen LogP contribution in [0.15, 0.2) is 23.8 Å². The summed E-state index contributed by atoms with van der Waals surface area (Å²) in [7, 11) is 0. The van der Waals surface area contributed by atoms with Gasteiger partial charge in [0.05, 0.1) is 5.60 Å². The Morgan fingerprint density at radius 2 is 1.92 bits per heavy atom. The van der Waals surface area contributed by atoms with Crippen molar-refractivity contribution in [2.75, 3.05) is 0 Å². The van der Waals surface area contributed by atoms with Crippen molar-refractivity contribution in [2.24, 2.45) is 34.5 Å². The number of allylic oxidation sites excluding steroid dienone is 2. The normalized spacial score (nSPS) is 52.0. The molecule has 7 atom stereocenters. The first kappa shape index (κ1) is 17.8. The Balaban J connectivity index is 1.64. The van der Waals surface area contributed by atoms with Crippen molar-refractivity contribution < 1.29 is 5.11 Å². The summed E-state index contributed by atoms with van der Waals surface area (Å²) in [5, 5.41) is 10.9. The highest BCUT2D eigenvalue weighted by molar-refractivity contribution is 5.27. The SMILES string of the molecule is C=C(C)[C@H]1CC[C@H]2C3CC=C4C[C@](O)(CC)CC[C@]4(C)[C@H]3CC[C@]12C. The molecule has 0 saturated heterocycles. The molecule has 0 spiro atoms. The van der Waals surface area contributed by atoms with E-state index in [-0.39, 0.29) is 0 Å². The van der Waals surface area contributed by atoms with E-state index in [0.717, 1.165) is 42.9 Å². The van der Waals surface area contributed by atoms with Gasteiger partial charge in [0.15, 0.2) is 0 Å². The molecule has 1 heteroatoms. The summed E-state index contributed by atoms with van der Waals surface area (Å²) in [6.07, 6.45) is 13.4. The molecule has 4 rings (SSSR count). The summed E-state index contributed by atoms with van der Waals surface area (Å²) in [6, 6.07) is 0. The van der Waals surface area contributed by atoms with E-state index < -0.39 is 5.60 Å². The summed E-state index contributed by atoms with van der Waals surface area (Å²) in [4.78, 5) is 0. The highest BCUT2D eigenvalue weighted by Crippen LogP contribution is 2.67. The van der Waals surface area contributed by atoms with Gasteiger partial charge in [-0.15, -0.1) is 0 Å².